The lowest BCUT2D eigenvalue weighted by Crippen LogP contribution is -2.25. The molecule has 4 rings (SSSR count). The highest BCUT2D eigenvalue weighted by atomic mass is 32.2. The summed E-state index contributed by atoms with van der Waals surface area (Å²) >= 11 is -1.03. The number of halogens is 1. The second-order valence-corrected chi connectivity index (χ2v) is 7.51. The number of hydrogen-bond donors (Lipinski definition) is 1. The normalized spacial score (nSPS) is 16.8. The largest absolute Gasteiger partial charge is 0.593 e. The predicted molar refractivity (Wildman–Crippen MR) is 102 cm³/mol. The third kappa shape index (κ3) is 3.11. The summed E-state index contributed by atoms with van der Waals surface area (Å²) in [5.41, 5.74) is 8.78. The van der Waals surface area contributed by atoms with Crippen LogP contribution in [0.25, 0.3) is 22.4 Å². The number of nitrogen functional groups attached to an aromatic ring is 1. The summed E-state index contributed by atoms with van der Waals surface area (Å²) in [6.45, 7) is 0.741. The summed E-state index contributed by atoms with van der Waals surface area (Å²) in [5.74, 6) is 0.564. The molecule has 0 radical (unpaired) electrons. The van der Waals surface area contributed by atoms with E-state index in [1.807, 2.05) is 34.6 Å². The second kappa shape index (κ2) is 6.93. The molecule has 2 N–H and O–H groups in total. The third-order valence-electron chi connectivity index (χ3n) is 4.33. The molecule has 7 heteroatoms. The van der Waals surface area contributed by atoms with Crippen molar-refractivity contribution < 1.29 is 8.94 Å². The minimum atomic E-state index is -1.03. The summed E-state index contributed by atoms with van der Waals surface area (Å²) in [5, 5.41) is 0. The van der Waals surface area contributed by atoms with Gasteiger partial charge in [0.1, 0.15) is 17.4 Å². The number of nitrogens with two attached hydrogens (primary N) is 1. The molecular formula is C19H17FN4OS. The van der Waals surface area contributed by atoms with Crippen molar-refractivity contribution in [3.8, 4) is 22.4 Å². The fraction of sp³-hybridized carbons (Fsp3) is 0.158. The number of aromatic nitrogens is 2. The standard InChI is InChI=1S/C19H17FN4OS/c20-16-10-13(6-7-15(16)17-11-23-19(21)12-22-17)14-4-1-2-5-18(14)24-8-3-9-26(24)25/h1-2,4-7,10-12H,3,8-9H2,(H2,21,23). The fourth-order valence-electron chi connectivity index (χ4n) is 3.08. The lowest BCUT2D eigenvalue weighted by Gasteiger charge is -2.21. The molecule has 2 heterocycles. The average Bonchev–Trinajstić information content (AvgIpc) is 3.08. The second-order valence-electron chi connectivity index (χ2n) is 6.02. The Morgan fingerprint density at radius 2 is 1.92 bits per heavy atom. The van der Waals surface area contributed by atoms with Crippen LogP contribution in [0.1, 0.15) is 6.42 Å². The molecule has 1 saturated heterocycles. The number of para-hydroxylation sites is 1. The molecule has 26 heavy (non-hydrogen) atoms. The van der Waals surface area contributed by atoms with Crippen LogP contribution in [-0.4, -0.2) is 26.8 Å². The van der Waals surface area contributed by atoms with Crippen LogP contribution in [0.4, 0.5) is 15.9 Å². The van der Waals surface area contributed by atoms with Crippen molar-refractivity contribution in [2.45, 2.75) is 6.42 Å². The maximum Gasteiger partial charge on any atom is 0.141 e. The Balaban J connectivity index is 1.73. The Bertz CT molecular complexity index is 935. The van der Waals surface area contributed by atoms with Crippen molar-refractivity contribution in [2.75, 3.05) is 22.3 Å². The van der Waals surface area contributed by atoms with Gasteiger partial charge >= 0.3 is 0 Å². The van der Waals surface area contributed by atoms with Gasteiger partial charge in [0.2, 0.25) is 0 Å². The SMILES string of the molecule is Nc1cnc(-c2ccc(-c3ccccc3N3CCC[S+]3[O-])cc2F)cn1. The van der Waals surface area contributed by atoms with E-state index in [1.54, 1.807) is 6.07 Å². The van der Waals surface area contributed by atoms with Gasteiger partial charge in [-0.1, -0.05) is 24.3 Å². The van der Waals surface area contributed by atoms with E-state index >= 15 is 0 Å². The minimum absolute atomic E-state index is 0.290. The molecule has 1 unspecified atom stereocenters. The highest BCUT2D eigenvalue weighted by Gasteiger charge is 2.28. The lowest BCUT2D eigenvalue weighted by molar-refractivity contribution is 0.598. The van der Waals surface area contributed by atoms with Gasteiger partial charge in [-0.15, -0.1) is 0 Å². The summed E-state index contributed by atoms with van der Waals surface area (Å²) < 4.78 is 28.8. The van der Waals surface area contributed by atoms with Gasteiger partial charge in [0.05, 0.1) is 41.7 Å². The van der Waals surface area contributed by atoms with Crippen molar-refractivity contribution in [3.63, 3.8) is 0 Å². The highest BCUT2D eigenvalue weighted by molar-refractivity contribution is 7.93. The molecule has 0 saturated carbocycles. The van der Waals surface area contributed by atoms with Crippen LogP contribution in [-0.2, 0) is 11.4 Å². The van der Waals surface area contributed by atoms with Crippen LogP contribution in [0.15, 0.2) is 54.9 Å². The van der Waals surface area contributed by atoms with Gasteiger partial charge in [0, 0.05) is 17.5 Å². The van der Waals surface area contributed by atoms with Crippen LogP contribution >= 0.6 is 0 Å². The quantitative estimate of drug-likeness (QED) is 0.717. The van der Waals surface area contributed by atoms with Gasteiger partial charge in [-0.3, -0.25) is 4.98 Å². The molecule has 132 valence electrons. The summed E-state index contributed by atoms with van der Waals surface area (Å²) in [6.07, 6.45) is 3.75. The van der Waals surface area contributed by atoms with E-state index in [-0.39, 0.29) is 5.82 Å². The first-order valence-corrected chi connectivity index (χ1v) is 9.54. The van der Waals surface area contributed by atoms with Crippen LogP contribution in [0.3, 0.4) is 0 Å². The van der Waals surface area contributed by atoms with Gasteiger partial charge in [-0.2, -0.15) is 4.31 Å². The molecule has 1 fully saturated rings. The number of benzene rings is 2. The topological polar surface area (TPSA) is 78.1 Å². The van der Waals surface area contributed by atoms with Crippen LogP contribution < -0.4 is 10.0 Å². The molecule has 3 aromatic rings. The summed E-state index contributed by atoms with van der Waals surface area (Å²) in [6, 6.07) is 12.7. The van der Waals surface area contributed by atoms with Gasteiger partial charge in [0.15, 0.2) is 0 Å². The van der Waals surface area contributed by atoms with Crippen LogP contribution in [0.5, 0.6) is 0 Å². The Labute approximate surface area is 154 Å². The molecule has 2 aromatic carbocycles. The Morgan fingerprint density at radius 1 is 1.08 bits per heavy atom. The van der Waals surface area contributed by atoms with E-state index < -0.39 is 11.4 Å². The number of nitrogens with zero attached hydrogens (tertiary/aromatic N) is 3. The molecule has 5 nitrogen and oxygen atoms in total. The molecule has 1 atom stereocenters. The zero-order valence-corrected chi connectivity index (χ0v) is 14.7. The number of anilines is 2. The van der Waals surface area contributed by atoms with Crippen LogP contribution in [0, 0.1) is 5.82 Å². The predicted octanol–water partition coefficient (Wildman–Crippen LogP) is 3.41. The number of rotatable bonds is 3. The van der Waals surface area contributed by atoms with Crippen LogP contribution in [0.2, 0.25) is 0 Å². The molecule has 0 amide bonds. The molecule has 0 spiro atoms. The Hall–Kier alpha value is -2.64. The van der Waals surface area contributed by atoms with Gasteiger partial charge < -0.3 is 10.3 Å². The van der Waals surface area contributed by atoms with E-state index in [1.165, 1.54) is 18.5 Å². The van der Waals surface area contributed by atoms with Crippen molar-refractivity contribution in [2.24, 2.45) is 0 Å². The molecule has 1 aliphatic heterocycles. The van der Waals surface area contributed by atoms with E-state index in [0.717, 1.165) is 29.8 Å². The van der Waals surface area contributed by atoms with E-state index in [0.29, 0.717) is 22.8 Å². The fourth-order valence-corrected chi connectivity index (χ4v) is 4.38. The molecule has 0 bridgehead atoms. The Kier molecular flexibility index (Phi) is 4.48. The number of hydrogen-bond acceptors (Lipinski definition) is 5. The minimum Gasteiger partial charge on any atom is -0.593 e. The first-order valence-electron chi connectivity index (χ1n) is 8.26. The third-order valence-corrected chi connectivity index (χ3v) is 5.84. The highest BCUT2D eigenvalue weighted by Crippen LogP contribution is 2.36. The molecular weight excluding hydrogens is 351 g/mol. The van der Waals surface area contributed by atoms with E-state index in [2.05, 4.69) is 9.97 Å². The van der Waals surface area contributed by atoms with Crippen molar-refractivity contribution >= 4 is 22.9 Å². The molecule has 1 aliphatic rings. The summed E-state index contributed by atoms with van der Waals surface area (Å²) in [4.78, 5) is 8.09. The molecule has 0 aliphatic carbocycles. The maximum absolute atomic E-state index is 14.7. The van der Waals surface area contributed by atoms with E-state index in [4.69, 9.17) is 5.73 Å². The van der Waals surface area contributed by atoms with E-state index in [9.17, 15) is 8.94 Å². The van der Waals surface area contributed by atoms with Gasteiger partial charge in [0.25, 0.3) is 0 Å². The van der Waals surface area contributed by atoms with Crippen molar-refractivity contribution in [1.82, 2.24) is 9.97 Å². The Morgan fingerprint density at radius 3 is 2.62 bits per heavy atom. The maximum atomic E-state index is 14.7. The zero-order valence-electron chi connectivity index (χ0n) is 13.9. The first kappa shape index (κ1) is 16.8. The average molecular weight is 368 g/mol. The smallest absolute Gasteiger partial charge is 0.141 e. The summed E-state index contributed by atoms with van der Waals surface area (Å²) in [7, 11) is 0. The van der Waals surface area contributed by atoms with Gasteiger partial charge in [-0.05, 0) is 23.8 Å². The lowest BCUT2D eigenvalue weighted by atomic mass is 10.0. The van der Waals surface area contributed by atoms with Crippen molar-refractivity contribution in [3.05, 3.63) is 60.7 Å². The first-order chi connectivity index (χ1) is 12.6. The molecule has 1 aromatic heterocycles. The van der Waals surface area contributed by atoms with Gasteiger partial charge in [-0.25, -0.2) is 9.37 Å². The monoisotopic (exact) mass is 368 g/mol. The zero-order chi connectivity index (χ0) is 18.1. The van der Waals surface area contributed by atoms with Crippen molar-refractivity contribution in [1.29, 1.82) is 0 Å².